The van der Waals surface area contributed by atoms with Gasteiger partial charge in [-0.2, -0.15) is 0 Å². The first-order chi connectivity index (χ1) is 13.0. The molecule has 0 spiro atoms. The van der Waals surface area contributed by atoms with Gasteiger partial charge in [-0.05, 0) is 62.4 Å². The molecule has 7 heteroatoms. The number of carbonyl (C=O) groups excluding carboxylic acids is 2. The van der Waals surface area contributed by atoms with Crippen molar-refractivity contribution in [3.63, 3.8) is 0 Å². The molecule has 0 atom stereocenters. The second-order valence-corrected chi connectivity index (χ2v) is 5.77. The number of anilines is 2. The molecule has 2 N–H and O–H groups in total. The van der Waals surface area contributed by atoms with Crippen LogP contribution in [0.4, 0.5) is 11.4 Å². The largest absolute Gasteiger partial charge is 0.494 e. The van der Waals surface area contributed by atoms with Gasteiger partial charge in [-0.1, -0.05) is 5.16 Å². The Morgan fingerprint density at radius 1 is 0.963 bits per heavy atom. The number of rotatable bonds is 6. The molecule has 138 valence electrons. The van der Waals surface area contributed by atoms with Crippen molar-refractivity contribution in [3.8, 4) is 5.75 Å². The normalized spacial score (nSPS) is 10.3. The van der Waals surface area contributed by atoms with Crippen LogP contribution in [0, 0.1) is 6.92 Å². The highest BCUT2D eigenvalue weighted by Crippen LogP contribution is 2.17. The Bertz CT molecular complexity index is 931. The number of carbonyl (C=O) groups is 2. The Morgan fingerprint density at radius 3 is 2.11 bits per heavy atom. The molecule has 27 heavy (non-hydrogen) atoms. The molecule has 0 aliphatic rings. The molecule has 7 nitrogen and oxygen atoms in total. The average molecular weight is 365 g/mol. The molecule has 1 aromatic heterocycles. The highest BCUT2D eigenvalue weighted by Gasteiger charge is 2.12. The van der Waals surface area contributed by atoms with E-state index in [1.807, 2.05) is 6.92 Å². The summed E-state index contributed by atoms with van der Waals surface area (Å²) in [5.74, 6) is 0.682. The molecule has 0 aliphatic heterocycles. The molecular formula is C20H19N3O4. The van der Waals surface area contributed by atoms with Gasteiger partial charge in [0.2, 0.25) is 0 Å². The van der Waals surface area contributed by atoms with Crippen LogP contribution in [-0.4, -0.2) is 23.6 Å². The summed E-state index contributed by atoms with van der Waals surface area (Å²) in [6.45, 7) is 4.21. The molecule has 3 aromatic rings. The topological polar surface area (TPSA) is 93.5 Å². The number of nitrogens with one attached hydrogen (secondary N) is 2. The van der Waals surface area contributed by atoms with E-state index in [2.05, 4.69) is 15.8 Å². The molecule has 0 unspecified atom stereocenters. The minimum atomic E-state index is -0.376. The van der Waals surface area contributed by atoms with Crippen LogP contribution in [0.3, 0.4) is 0 Å². The van der Waals surface area contributed by atoms with Crippen molar-refractivity contribution < 1.29 is 18.8 Å². The third-order valence-corrected chi connectivity index (χ3v) is 3.69. The van der Waals surface area contributed by atoms with Crippen LogP contribution in [0.15, 0.2) is 59.1 Å². The maximum atomic E-state index is 12.3. The summed E-state index contributed by atoms with van der Waals surface area (Å²) in [4.78, 5) is 24.4. The van der Waals surface area contributed by atoms with E-state index in [9.17, 15) is 9.59 Å². The van der Waals surface area contributed by atoms with Crippen LogP contribution in [0.25, 0.3) is 0 Å². The third-order valence-electron chi connectivity index (χ3n) is 3.69. The third kappa shape index (κ3) is 4.72. The standard InChI is InChI=1S/C20H19N3O4/c1-3-26-17-10-8-16(9-11-17)21-19(24)14-4-6-15(7-5-14)22-20(25)18-12-13(2)27-23-18/h4-12H,3H2,1-2H3,(H,21,24)(H,22,25). The fourth-order valence-corrected chi connectivity index (χ4v) is 2.38. The summed E-state index contributed by atoms with van der Waals surface area (Å²) in [7, 11) is 0. The van der Waals surface area contributed by atoms with E-state index in [1.54, 1.807) is 61.5 Å². The van der Waals surface area contributed by atoms with Gasteiger partial charge in [0, 0.05) is 23.0 Å². The number of hydrogen-bond donors (Lipinski definition) is 2. The summed E-state index contributed by atoms with van der Waals surface area (Å²) in [6.07, 6.45) is 0. The van der Waals surface area contributed by atoms with Gasteiger partial charge in [-0.15, -0.1) is 0 Å². The van der Waals surface area contributed by atoms with Crippen LogP contribution in [0.2, 0.25) is 0 Å². The van der Waals surface area contributed by atoms with Crippen LogP contribution >= 0.6 is 0 Å². The lowest BCUT2D eigenvalue weighted by Crippen LogP contribution is -2.14. The Morgan fingerprint density at radius 2 is 1.56 bits per heavy atom. The van der Waals surface area contributed by atoms with Gasteiger partial charge in [-0.3, -0.25) is 9.59 Å². The van der Waals surface area contributed by atoms with Crippen LogP contribution in [0.5, 0.6) is 5.75 Å². The quantitative estimate of drug-likeness (QED) is 0.691. The molecular weight excluding hydrogens is 346 g/mol. The van der Waals surface area contributed by atoms with E-state index < -0.39 is 0 Å². The molecule has 0 saturated heterocycles. The zero-order valence-electron chi connectivity index (χ0n) is 15.0. The molecule has 0 radical (unpaired) electrons. The predicted octanol–water partition coefficient (Wildman–Crippen LogP) is 3.89. The van der Waals surface area contributed by atoms with Crippen LogP contribution < -0.4 is 15.4 Å². The molecule has 0 saturated carbocycles. The van der Waals surface area contributed by atoms with E-state index in [4.69, 9.17) is 9.26 Å². The maximum absolute atomic E-state index is 12.3. The van der Waals surface area contributed by atoms with Crippen molar-refractivity contribution in [3.05, 3.63) is 71.6 Å². The van der Waals surface area contributed by atoms with Crippen molar-refractivity contribution in [2.24, 2.45) is 0 Å². The van der Waals surface area contributed by atoms with Gasteiger partial charge in [0.1, 0.15) is 11.5 Å². The number of hydrogen-bond acceptors (Lipinski definition) is 5. The Balaban J connectivity index is 1.60. The maximum Gasteiger partial charge on any atom is 0.277 e. The summed E-state index contributed by atoms with van der Waals surface area (Å²) >= 11 is 0. The van der Waals surface area contributed by atoms with Crippen LogP contribution in [0.1, 0.15) is 33.5 Å². The van der Waals surface area contributed by atoms with Gasteiger partial charge < -0.3 is 19.9 Å². The number of ether oxygens (including phenoxy) is 1. The summed E-state index contributed by atoms with van der Waals surface area (Å²) in [6, 6.07) is 15.3. The smallest absolute Gasteiger partial charge is 0.277 e. The van der Waals surface area contributed by atoms with Gasteiger partial charge in [0.25, 0.3) is 11.8 Å². The van der Waals surface area contributed by atoms with Gasteiger partial charge in [0.15, 0.2) is 5.69 Å². The number of benzene rings is 2. The van der Waals surface area contributed by atoms with E-state index >= 15 is 0 Å². The molecule has 3 rings (SSSR count). The Kier molecular flexibility index (Phi) is 5.51. The average Bonchev–Trinajstić information content (AvgIpc) is 3.11. The predicted molar refractivity (Wildman–Crippen MR) is 101 cm³/mol. The second kappa shape index (κ2) is 8.18. The highest BCUT2D eigenvalue weighted by atomic mass is 16.5. The fraction of sp³-hybridized carbons (Fsp3) is 0.150. The lowest BCUT2D eigenvalue weighted by molar-refractivity contribution is 0.101. The van der Waals surface area contributed by atoms with Gasteiger partial charge >= 0.3 is 0 Å². The minimum absolute atomic E-state index is 0.199. The number of amides is 2. The first kappa shape index (κ1) is 18.2. The monoisotopic (exact) mass is 365 g/mol. The molecule has 0 bridgehead atoms. The van der Waals surface area contributed by atoms with Crippen LogP contribution in [-0.2, 0) is 0 Å². The summed E-state index contributed by atoms with van der Waals surface area (Å²) < 4.78 is 10.3. The Hall–Kier alpha value is -3.61. The molecule has 2 amide bonds. The summed E-state index contributed by atoms with van der Waals surface area (Å²) in [5.41, 5.74) is 1.89. The lowest BCUT2D eigenvalue weighted by atomic mass is 10.2. The first-order valence-electron chi connectivity index (χ1n) is 8.44. The van der Waals surface area contributed by atoms with Gasteiger partial charge in [-0.25, -0.2) is 0 Å². The molecule has 1 heterocycles. The summed E-state index contributed by atoms with van der Waals surface area (Å²) in [5, 5.41) is 9.17. The van der Waals surface area contributed by atoms with Crippen molar-refractivity contribution in [2.45, 2.75) is 13.8 Å². The number of aryl methyl sites for hydroxylation is 1. The first-order valence-corrected chi connectivity index (χ1v) is 8.44. The molecule has 2 aromatic carbocycles. The fourth-order valence-electron chi connectivity index (χ4n) is 2.38. The zero-order valence-corrected chi connectivity index (χ0v) is 15.0. The van der Waals surface area contributed by atoms with Crippen molar-refractivity contribution in [1.29, 1.82) is 0 Å². The van der Waals surface area contributed by atoms with Crippen molar-refractivity contribution in [1.82, 2.24) is 5.16 Å². The van der Waals surface area contributed by atoms with E-state index in [0.29, 0.717) is 29.3 Å². The van der Waals surface area contributed by atoms with E-state index in [-0.39, 0.29) is 17.5 Å². The minimum Gasteiger partial charge on any atom is -0.494 e. The molecule has 0 fully saturated rings. The number of aromatic nitrogens is 1. The zero-order chi connectivity index (χ0) is 19.2. The lowest BCUT2D eigenvalue weighted by Gasteiger charge is -2.08. The van der Waals surface area contributed by atoms with E-state index in [0.717, 1.165) is 5.75 Å². The second-order valence-electron chi connectivity index (χ2n) is 5.77. The SMILES string of the molecule is CCOc1ccc(NC(=O)c2ccc(NC(=O)c3cc(C)on3)cc2)cc1. The van der Waals surface area contributed by atoms with Crippen molar-refractivity contribution in [2.75, 3.05) is 17.2 Å². The van der Waals surface area contributed by atoms with Crippen molar-refractivity contribution >= 4 is 23.2 Å². The number of nitrogens with zero attached hydrogens (tertiary/aromatic N) is 1. The molecule has 0 aliphatic carbocycles. The Labute approximate surface area is 156 Å². The highest BCUT2D eigenvalue weighted by molar-refractivity contribution is 6.05. The van der Waals surface area contributed by atoms with Gasteiger partial charge in [0.05, 0.1) is 6.61 Å². The van der Waals surface area contributed by atoms with E-state index in [1.165, 1.54) is 0 Å².